The van der Waals surface area contributed by atoms with Crippen molar-refractivity contribution in [3.63, 3.8) is 0 Å². The van der Waals surface area contributed by atoms with Crippen LogP contribution in [0, 0.1) is 0 Å². The van der Waals surface area contributed by atoms with Crippen molar-refractivity contribution in [3.05, 3.63) is 53.1 Å². The Morgan fingerprint density at radius 1 is 1.19 bits per heavy atom. The van der Waals surface area contributed by atoms with Gasteiger partial charge in [0.15, 0.2) is 0 Å². The third-order valence-electron chi connectivity index (χ3n) is 4.57. The van der Waals surface area contributed by atoms with Crippen LogP contribution in [0.25, 0.3) is 0 Å². The number of amides is 2. The molecular formula is C21H24ClN3O2. The Labute approximate surface area is 164 Å². The molecule has 2 N–H and O–H groups in total. The normalized spacial score (nSPS) is 13.0. The molecule has 2 amide bonds. The van der Waals surface area contributed by atoms with E-state index in [1.165, 1.54) is 5.56 Å². The summed E-state index contributed by atoms with van der Waals surface area (Å²) in [5, 5.41) is 6.46. The monoisotopic (exact) mass is 385 g/mol. The smallest absolute Gasteiger partial charge is 0.246 e. The number of rotatable bonds is 6. The fourth-order valence-corrected chi connectivity index (χ4v) is 3.43. The molecular weight excluding hydrogens is 362 g/mol. The predicted octanol–water partition coefficient (Wildman–Crippen LogP) is 4.47. The molecule has 0 aromatic heterocycles. The standard InChI is InChI=1S/C21H24ClN3O2/c1-2-6-20(26)24-16-10-11-17(22)18(13-16)23-14-21(27)25-12-5-8-15-7-3-4-9-19(15)25/h3-4,7,9-11,13,23H,2,5-6,8,12,14H2,1H3,(H,24,26). The fourth-order valence-electron chi connectivity index (χ4n) is 3.25. The number of aryl methyl sites for hydroxylation is 1. The molecule has 0 bridgehead atoms. The van der Waals surface area contributed by atoms with E-state index in [4.69, 9.17) is 11.6 Å². The lowest BCUT2D eigenvalue weighted by molar-refractivity contribution is -0.117. The molecule has 142 valence electrons. The number of hydrogen-bond acceptors (Lipinski definition) is 3. The van der Waals surface area contributed by atoms with E-state index in [9.17, 15) is 9.59 Å². The number of carbonyl (C=O) groups is 2. The highest BCUT2D eigenvalue weighted by atomic mass is 35.5. The lowest BCUT2D eigenvalue weighted by Gasteiger charge is -2.29. The highest BCUT2D eigenvalue weighted by Gasteiger charge is 2.21. The van der Waals surface area contributed by atoms with Gasteiger partial charge in [0.25, 0.3) is 0 Å². The summed E-state index contributed by atoms with van der Waals surface area (Å²) in [5.74, 6) is -0.0367. The second-order valence-corrected chi connectivity index (χ2v) is 7.03. The van der Waals surface area contributed by atoms with Gasteiger partial charge in [0.2, 0.25) is 11.8 Å². The average molecular weight is 386 g/mol. The maximum absolute atomic E-state index is 12.7. The van der Waals surface area contributed by atoms with Gasteiger partial charge in [-0.25, -0.2) is 0 Å². The van der Waals surface area contributed by atoms with Gasteiger partial charge in [-0.3, -0.25) is 9.59 Å². The van der Waals surface area contributed by atoms with Gasteiger partial charge in [-0.2, -0.15) is 0 Å². The van der Waals surface area contributed by atoms with Crippen LogP contribution in [-0.4, -0.2) is 24.9 Å². The van der Waals surface area contributed by atoms with Gasteiger partial charge in [0.05, 0.1) is 17.3 Å². The van der Waals surface area contributed by atoms with Gasteiger partial charge < -0.3 is 15.5 Å². The molecule has 0 unspecified atom stereocenters. The number of fused-ring (bicyclic) bond motifs is 1. The second kappa shape index (κ2) is 8.91. The topological polar surface area (TPSA) is 61.4 Å². The molecule has 6 heteroatoms. The lowest BCUT2D eigenvalue weighted by atomic mass is 10.0. The number of para-hydroxylation sites is 1. The zero-order chi connectivity index (χ0) is 19.2. The fraction of sp³-hybridized carbons (Fsp3) is 0.333. The minimum Gasteiger partial charge on any atom is -0.375 e. The molecule has 3 rings (SSSR count). The van der Waals surface area contributed by atoms with Gasteiger partial charge in [0, 0.05) is 24.3 Å². The zero-order valence-electron chi connectivity index (χ0n) is 15.4. The van der Waals surface area contributed by atoms with Crippen LogP contribution in [0.3, 0.4) is 0 Å². The highest BCUT2D eigenvalue weighted by Crippen LogP contribution is 2.28. The molecule has 1 aliphatic heterocycles. The van der Waals surface area contributed by atoms with E-state index >= 15 is 0 Å². The van der Waals surface area contributed by atoms with Crippen molar-refractivity contribution in [3.8, 4) is 0 Å². The Hall–Kier alpha value is -2.53. The summed E-state index contributed by atoms with van der Waals surface area (Å²) in [6.07, 6.45) is 3.22. The number of nitrogens with one attached hydrogen (secondary N) is 2. The minimum absolute atomic E-state index is 0.00126. The summed E-state index contributed by atoms with van der Waals surface area (Å²) in [5.41, 5.74) is 3.48. The molecule has 0 radical (unpaired) electrons. The quantitative estimate of drug-likeness (QED) is 0.771. The number of hydrogen-bond donors (Lipinski definition) is 2. The molecule has 0 saturated heterocycles. The number of halogens is 1. The van der Waals surface area contributed by atoms with Crippen LogP contribution >= 0.6 is 11.6 Å². The Morgan fingerprint density at radius 2 is 2.00 bits per heavy atom. The Kier molecular flexibility index (Phi) is 6.35. The summed E-state index contributed by atoms with van der Waals surface area (Å²) in [6.45, 7) is 2.82. The van der Waals surface area contributed by atoms with Gasteiger partial charge >= 0.3 is 0 Å². The summed E-state index contributed by atoms with van der Waals surface area (Å²) in [4.78, 5) is 26.3. The summed E-state index contributed by atoms with van der Waals surface area (Å²) in [7, 11) is 0. The van der Waals surface area contributed by atoms with Gasteiger partial charge in [0.1, 0.15) is 0 Å². The van der Waals surface area contributed by atoms with Crippen LogP contribution in [0.15, 0.2) is 42.5 Å². The van der Waals surface area contributed by atoms with E-state index in [-0.39, 0.29) is 18.4 Å². The van der Waals surface area contributed by atoms with Crippen LogP contribution in [0.5, 0.6) is 0 Å². The third kappa shape index (κ3) is 4.80. The maximum Gasteiger partial charge on any atom is 0.246 e. The van der Waals surface area contributed by atoms with E-state index in [1.54, 1.807) is 18.2 Å². The molecule has 27 heavy (non-hydrogen) atoms. The summed E-state index contributed by atoms with van der Waals surface area (Å²) in [6, 6.07) is 13.2. The number of benzene rings is 2. The van der Waals surface area contributed by atoms with E-state index in [0.29, 0.717) is 22.8 Å². The van der Waals surface area contributed by atoms with E-state index in [0.717, 1.165) is 31.5 Å². The van der Waals surface area contributed by atoms with E-state index < -0.39 is 0 Å². The molecule has 0 aliphatic carbocycles. The molecule has 0 spiro atoms. The van der Waals surface area contributed by atoms with Crippen LogP contribution in [0.1, 0.15) is 31.7 Å². The highest BCUT2D eigenvalue weighted by molar-refractivity contribution is 6.33. The number of carbonyl (C=O) groups excluding carboxylic acids is 2. The van der Waals surface area contributed by atoms with Crippen LogP contribution < -0.4 is 15.5 Å². The molecule has 2 aromatic rings. The zero-order valence-corrected chi connectivity index (χ0v) is 16.2. The van der Waals surface area contributed by atoms with Crippen molar-refractivity contribution in [2.24, 2.45) is 0 Å². The largest absolute Gasteiger partial charge is 0.375 e. The van der Waals surface area contributed by atoms with Crippen LogP contribution in [0.2, 0.25) is 5.02 Å². The first-order valence-corrected chi connectivity index (χ1v) is 9.68. The number of nitrogens with zero attached hydrogens (tertiary/aromatic N) is 1. The lowest BCUT2D eigenvalue weighted by Crippen LogP contribution is -2.39. The Bertz CT molecular complexity index is 838. The molecule has 0 fully saturated rings. The first-order valence-electron chi connectivity index (χ1n) is 9.30. The second-order valence-electron chi connectivity index (χ2n) is 6.62. The summed E-state index contributed by atoms with van der Waals surface area (Å²) >= 11 is 6.24. The number of anilines is 3. The van der Waals surface area contributed by atoms with Crippen molar-refractivity contribution in [2.75, 3.05) is 28.6 Å². The first kappa shape index (κ1) is 19.2. The van der Waals surface area contributed by atoms with Crippen molar-refractivity contribution < 1.29 is 9.59 Å². The van der Waals surface area contributed by atoms with Crippen molar-refractivity contribution in [1.29, 1.82) is 0 Å². The SMILES string of the molecule is CCCC(=O)Nc1ccc(Cl)c(NCC(=O)N2CCCc3ccccc32)c1. The predicted molar refractivity (Wildman–Crippen MR) is 111 cm³/mol. The molecule has 5 nitrogen and oxygen atoms in total. The molecule has 2 aromatic carbocycles. The minimum atomic E-state index is -0.0354. The van der Waals surface area contributed by atoms with Crippen molar-refractivity contribution >= 4 is 40.5 Å². The average Bonchev–Trinajstić information content (AvgIpc) is 2.68. The van der Waals surface area contributed by atoms with Crippen molar-refractivity contribution in [1.82, 2.24) is 0 Å². The van der Waals surface area contributed by atoms with Crippen molar-refractivity contribution in [2.45, 2.75) is 32.6 Å². The maximum atomic E-state index is 12.7. The van der Waals surface area contributed by atoms with Crippen LogP contribution in [0.4, 0.5) is 17.1 Å². The first-order chi connectivity index (χ1) is 13.1. The third-order valence-corrected chi connectivity index (χ3v) is 4.90. The van der Waals surface area contributed by atoms with Gasteiger partial charge in [-0.15, -0.1) is 0 Å². The Morgan fingerprint density at radius 3 is 2.81 bits per heavy atom. The van der Waals surface area contributed by atoms with E-state index in [1.807, 2.05) is 30.0 Å². The summed E-state index contributed by atoms with van der Waals surface area (Å²) < 4.78 is 0. The van der Waals surface area contributed by atoms with Crippen LogP contribution in [-0.2, 0) is 16.0 Å². The Balaban J connectivity index is 1.66. The molecule has 1 heterocycles. The van der Waals surface area contributed by atoms with E-state index in [2.05, 4.69) is 16.7 Å². The molecule has 0 atom stereocenters. The molecule has 1 aliphatic rings. The van der Waals surface area contributed by atoms with Gasteiger partial charge in [-0.05, 0) is 49.1 Å². The van der Waals surface area contributed by atoms with Gasteiger partial charge in [-0.1, -0.05) is 36.7 Å². The molecule has 0 saturated carbocycles.